The average Bonchev–Trinajstić information content (AvgIpc) is 3.03. The number of rotatable bonds is 6. The van der Waals surface area contributed by atoms with Crippen molar-refractivity contribution in [3.8, 4) is 22.9 Å². The van der Waals surface area contributed by atoms with E-state index in [9.17, 15) is 9.18 Å². The minimum atomic E-state index is -1.03. The van der Waals surface area contributed by atoms with Gasteiger partial charge in [-0.25, -0.2) is 11.0 Å². The molecule has 1 atom stereocenters. The molecule has 0 unspecified atom stereocenters. The van der Waals surface area contributed by atoms with Gasteiger partial charge in [-0.1, -0.05) is 48.5 Å². The SMILES string of the molecule is [C-]#[N+]C[C@H]1CN(c2nc(OC3CN(C)C3)nc3cc(-c4cccc5cccc(Cl)c45)c4c(c23)OCCC4)CCN1C(=O)C(=C)F. The highest BCUT2D eigenvalue weighted by molar-refractivity contribution is 6.36. The molecule has 3 aliphatic rings. The molecule has 11 heteroatoms. The summed E-state index contributed by atoms with van der Waals surface area (Å²) in [5.41, 5.74) is 3.72. The predicted molar refractivity (Wildman–Crippen MR) is 173 cm³/mol. The molecule has 2 fully saturated rings. The Morgan fingerprint density at radius 3 is 2.71 bits per heavy atom. The maximum Gasteiger partial charge on any atom is 0.319 e. The van der Waals surface area contributed by atoms with Crippen molar-refractivity contribution in [2.75, 3.05) is 57.8 Å². The third-order valence-corrected chi connectivity index (χ3v) is 9.16. The number of carbonyl (C=O) groups excluding carboxylic acids is 1. The second kappa shape index (κ2) is 11.8. The molecule has 7 rings (SSSR count). The fourth-order valence-corrected chi connectivity index (χ4v) is 7.02. The first-order chi connectivity index (χ1) is 21.8. The Kier molecular flexibility index (Phi) is 7.68. The van der Waals surface area contributed by atoms with Crippen molar-refractivity contribution in [2.45, 2.75) is 25.0 Å². The van der Waals surface area contributed by atoms with Crippen LogP contribution in [0.2, 0.25) is 5.02 Å². The van der Waals surface area contributed by atoms with Crippen LogP contribution in [0.5, 0.6) is 11.8 Å². The van der Waals surface area contributed by atoms with Crippen LogP contribution in [0.25, 0.3) is 37.6 Å². The Morgan fingerprint density at radius 1 is 1.16 bits per heavy atom. The van der Waals surface area contributed by atoms with Crippen molar-refractivity contribution in [3.63, 3.8) is 0 Å². The molecule has 0 saturated carbocycles. The Labute approximate surface area is 265 Å². The van der Waals surface area contributed by atoms with Crippen LogP contribution in [-0.2, 0) is 11.2 Å². The highest BCUT2D eigenvalue weighted by Crippen LogP contribution is 2.46. The summed E-state index contributed by atoms with van der Waals surface area (Å²) in [6, 6.07) is 13.9. The first-order valence-corrected chi connectivity index (χ1v) is 15.5. The largest absolute Gasteiger partial charge is 0.492 e. The van der Waals surface area contributed by atoms with E-state index >= 15 is 0 Å². The van der Waals surface area contributed by atoms with E-state index in [0.717, 1.165) is 64.5 Å². The molecule has 45 heavy (non-hydrogen) atoms. The monoisotopic (exact) mass is 626 g/mol. The molecule has 4 heterocycles. The summed E-state index contributed by atoms with van der Waals surface area (Å²) in [5, 5.41) is 3.44. The summed E-state index contributed by atoms with van der Waals surface area (Å²) >= 11 is 6.78. The number of likely N-dealkylation sites (N-methyl/N-ethyl adjacent to an activating group) is 1. The molecule has 0 spiro atoms. The van der Waals surface area contributed by atoms with E-state index in [0.29, 0.717) is 29.5 Å². The first-order valence-electron chi connectivity index (χ1n) is 15.1. The van der Waals surface area contributed by atoms with Crippen LogP contribution in [0, 0.1) is 6.57 Å². The number of likely N-dealkylation sites (tertiary alicyclic amines) is 1. The molecule has 0 bridgehead atoms. The third-order valence-electron chi connectivity index (χ3n) is 8.85. The standard InChI is InChI=1S/C34H32ClFN6O3/c1-20(36)33(43)42-13-12-41(17-22(42)16-37-2)32-30-28(38-34(39-32)45-23-18-40(3)19-23)15-26(25-10-6-14-44-31(25)30)24-9-4-7-21-8-5-11-27(35)29(21)24/h4-5,7-9,11,15,22-23H,1,6,10,12-14,16-19H2,3H3/t22-/m0/s1. The minimum Gasteiger partial charge on any atom is -0.492 e. The molecule has 2 saturated heterocycles. The third kappa shape index (κ3) is 5.30. The smallest absolute Gasteiger partial charge is 0.319 e. The number of halogens is 2. The lowest BCUT2D eigenvalue weighted by Crippen LogP contribution is -2.56. The molecular formula is C34H32ClFN6O3. The van der Waals surface area contributed by atoms with Crippen LogP contribution < -0.4 is 14.4 Å². The summed E-state index contributed by atoms with van der Waals surface area (Å²) in [7, 11) is 2.03. The number of benzene rings is 3. The number of anilines is 1. The van der Waals surface area contributed by atoms with Crippen molar-refractivity contribution in [1.82, 2.24) is 19.8 Å². The van der Waals surface area contributed by atoms with Gasteiger partial charge in [0, 0.05) is 48.7 Å². The van der Waals surface area contributed by atoms with Gasteiger partial charge in [0.2, 0.25) is 6.54 Å². The number of ether oxygens (including phenoxy) is 2. The first kappa shape index (κ1) is 29.3. The van der Waals surface area contributed by atoms with Crippen molar-refractivity contribution >= 4 is 45.0 Å². The molecule has 3 aromatic carbocycles. The van der Waals surface area contributed by atoms with Crippen molar-refractivity contribution in [1.29, 1.82) is 0 Å². The number of fused-ring (bicyclic) bond motifs is 4. The summed E-state index contributed by atoms with van der Waals surface area (Å²) in [6.45, 7) is 13.7. The van der Waals surface area contributed by atoms with E-state index in [4.69, 9.17) is 37.6 Å². The Morgan fingerprint density at radius 2 is 1.96 bits per heavy atom. The van der Waals surface area contributed by atoms with Crippen LogP contribution >= 0.6 is 11.6 Å². The molecule has 0 radical (unpaired) electrons. The summed E-state index contributed by atoms with van der Waals surface area (Å²) in [5.74, 6) is -0.478. The Bertz CT molecular complexity index is 1880. The molecule has 9 nitrogen and oxygen atoms in total. The van der Waals surface area contributed by atoms with Gasteiger partial charge in [0.05, 0.1) is 17.5 Å². The van der Waals surface area contributed by atoms with Crippen LogP contribution in [0.3, 0.4) is 0 Å². The summed E-state index contributed by atoms with van der Waals surface area (Å²) in [6.07, 6.45) is 1.62. The van der Waals surface area contributed by atoms with Crippen molar-refractivity contribution < 1.29 is 18.7 Å². The molecule has 230 valence electrons. The quantitative estimate of drug-likeness (QED) is 0.205. The van der Waals surface area contributed by atoms with E-state index < -0.39 is 17.8 Å². The predicted octanol–water partition coefficient (Wildman–Crippen LogP) is 5.54. The van der Waals surface area contributed by atoms with Crippen molar-refractivity contribution in [3.05, 3.63) is 76.9 Å². The van der Waals surface area contributed by atoms with Crippen LogP contribution in [-0.4, -0.2) is 90.7 Å². The number of hydrogen-bond acceptors (Lipinski definition) is 7. The molecular weight excluding hydrogens is 595 g/mol. The minimum absolute atomic E-state index is 0.0247. The number of nitrogens with zero attached hydrogens (tertiary/aromatic N) is 6. The maximum absolute atomic E-state index is 13.9. The average molecular weight is 627 g/mol. The second-order valence-corrected chi connectivity index (χ2v) is 12.3. The van der Waals surface area contributed by atoms with Crippen molar-refractivity contribution in [2.24, 2.45) is 0 Å². The number of hydrogen-bond donors (Lipinski definition) is 0. The molecule has 0 N–H and O–H groups in total. The maximum atomic E-state index is 13.9. The molecule has 1 aromatic heterocycles. The highest BCUT2D eigenvalue weighted by atomic mass is 35.5. The van der Waals surface area contributed by atoms with E-state index in [-0.39, 0.29) is 31.7 Å². The van der Waals surface area contributed by atoms with Crippen LogP contribution in [0.4, 0.5) is 10.2 Å². The van der Waals surface area contributed by atoms with Gasteiger partial charge in [-0.05, 0) is 48.5 Å². The van der Waals surface area contributed by atoms with E-state index in [1.807, 2.05) is 30.1 Å². The molecule has 1 amide bonds. The van der Waals surface area contributed by atoms with Gasteiger partial charge < -0.3 is 24.1 Å². The lowest BCUT2D eigenvalue weighted by atomic mass is 9.89. The van der Waals surface area contributed by atoms with Crippen LogP contribution in [0.1, 0.15) is 12.0 Å². The van der Waals surface area contributed by atoms with E-state index in [1.54, 1.807) is 0 Å². The topological polar surface area (TPSA) is 75.4 Å². The molecule has 4 aromatic rings. The fourth-order valence-electron chi connectivity index (χ4n) is 6.73. The van der Waals surface area contributed by atoms with Gasteiger partial charge in [-0.2, -0.15) is 9.97 Å². The highest BCUT2D eigenvalue weighted by Gasteiger charge is 2.36. The van der Waals surface area contributed by atoms with Gasteiger partial charge in [-0.3, -0.25) is 9.69 Å². The lowest BCUT2D eigenvalue weighted by Gasteiger charge is -2.40. The fraction of sp³-hybridized carbons (Fsp3) is 0.353. The molecule has 3 aliphatic heterocycles. The summed E-state index contributed by atoms with van der Waals surface area (Å²) < 4.78 is 26.6. The van der Waals surface area contributed by atoms with Gasteiger partial charge in [-0.15, -0.1) is 0 Å². The zero-order chi connectivity index (χ0) is 31.2. The van der Waals surface area contributed by atoms with E-state index in [1.165, 1.54) is 4.90 Å². The Hall–Kier alpha value is -4.46. The van der Waals surface area contributed by atoms with Crippen LogP contribution in [0.15, 0.2) is 54.9 Å². The number of piperazine rings is 1. The number of amides is 1. The second-order valence-electron chi connectivity index (χ2n) is 11.9. The summed E-state index contributed by atoms with van der Waals surface area (Å²) in [4.78, 5) is 31.6. The van der Waals surface area contributed by atoms with E-state index in [2.05, 4.69) is 40.6 Å². The zero-order valence-corrected chi connectivity index (χ0v) is 25.7. The van der Waals surface area contributed by atoms with Gasteiger partial charge >= 0.3 is 6.01 Å². The van der Waals surface area contributed by atoms with Gasteiger partial charge in [0.25, 0.3) is 5.91 Å². The molecule has 0 aliphatic carbocycles. The number of carbonyl (C=O) groups is 1. The zero-order valence-electron chi connectivity index (χ0n) is 24.9. The normalized spacial score (nSPS) is 18.7. The van der Waals surface area contributed by atoms with Gasteiger partial charge in [0.15, 0.2) is 5.83 Å². The Balaban J connectivity index is 1.41. The lowest BCUT2D eigenvalue weighted by molar-refractivity contribution is -0.131. The number of aromatic nitrogens is 2. The van der Waals surface area contributed by atoms with Gasteiger partial charge in [0.1, 0.15) is 23.7 Å².